The summed E-state index contributed by atoms with van der Waals surface area (Å²) in [5.41, 5.74) is 4.67. The number of ether oxygens (including phenoxy) is 1. The van der Waals surface area contributed by atoms with Crippen LogP contribution in [0.2, 0.25) is 0 Å². The van der Waals surface area contributed by atoms with Gasteiger partial charge in [-0.1, -0.05) is 30.7 Å². The number of benzene rings is 2. The van der Waals surface area contributed by atoms with E-state index >= 15 is 0 Å². The summed E-state index contributed by atoms with van der Waals surface area (Å²) in [7, 11) is 2.16. The molecule has 2 aromatic rings. The summed E-state index contributed by atoms with van der Waals surface area (Å²) in [6, 6.07) is 14.5. The van der Waals surface area contributed by atoms with Crippen molar-refractivity contribution in [1.82, 2.24) is 10.2 Å². The molecule has 160 valence electrons. The summed E-state index contributed by atoms with van der Waals surface area (Å²) in [5.74, 6) is 0.578. The Balaban J connectivity index is 1.53. The SMILES string of the molecule is CCOc1ccccc1C(=O)NC[C@@H](c1ccc2c(c1)CCN2C)N1CCCCC1. The molecule has 5 heteroatoms. The van der Waals surface area contributed by atoms with E-state index in [1.807, 2.05) is 31.2 Å². The van der Waals surface area contributed by atoms with E-state index in [1.165, 1.54) is 36.1 Å². The molecular weight excluding hydrogens is 374 g/mol. The Morgan fingerprint density at radius 1 is 1.10 bits per heavy atom. The summed E-state index contributed by atoms with van der Waals surface area (Å²) < 4.78 is 5.65. The van der Waals surface area contributed by atoms with Gasteiger partial charge in [-0.3, -0.25) is 9.69 Å². The first-order chi connectivity index (χ1) is 14.7. The van der Waals surface area contributed by atoms with Crippen LogP contribution >= 0.6 is 0 Å². The fraction of sp³-hybridized carbons (Fsp3) is 0.480. The Bertz CT molecular complexity index is 876. The van der Waals surface area contributed by atoms with Crippen molar-refractivity contribution < 1.29 is 9.53 Å². The summed E-state index contributed by atoms with van der Waals surface area (Å²) >= 11 is 0. The maximum atomic E-state index is 13.0. The number of piperidine rings is 1. The number of fused-ring (bicyclic) bond motifs is 1. The smallest absolute Gasteiger partial charge is 0.255 e. The predicted octanol–water partition coefficient (Wildman–Crippen LogP) is 4.03. The van der Waals surface area contributed by atoms with Gasteiger partial charge in [-0.2, -0.15) is 0 Å². The maximum absolute atomic E-state index is 13.0. The molecule has 2 heterocycles. The lowest BCUT2D eigenvalue weighted by molar-refractivity contribution is 0.0920. The van der Waals surface area contributed by atoms with Gasteiger partial charge in [0.15, 0.2) is 0 Å². The fourth-order valence-electron chi connectivity index (χ4n) is 4.70. The van der Waals surface area contributed by atoms with Crippen LogP contribution in [0.25, 0.3) is 0 Å². The largest absolute Gasteiger partial charge is 0.493 e. The molecule has 0 aromatic heterocycles. The molecule has 0 bridgehead atoms. The van der Waals surface area contributed by atoms with E-state index in [2.05, 4.69) is 40.4 Å². The van der Waals surface area contributed by atoms with Crippen LogP contribution in [0.5, 0.6) is 5.75 Å². The molecule has 0 aliphatic carbocycles. The molecule has 0 unspecified atom stereocenters. The lowest BCUT2D eigenvalue weighted by Crippen LogP contribution is -2.40. The molecule has 1 atom stereocenters. The molecular formula is C25H33N3O2. The lowest BCUT2D eigenvalue weighted by atomic mass is 9.98. The first kappa shape index (κ1) is 20.7. The van der Waals surface area contributed by atoms with Crippen LogP contribution in [0.1, 0.15) is 53.7 Å². The van der Waals surface area contributed by atoms with Crippen LogP contribution in [0.4, 0.5) is 5.69 Å². The molecule has 2 aliphatic heterocycles. The van der Waals surface area contributed by atoms with Gasteiger partial charge >= 0.3 is 0 Å². The molecule has 1 fully saturated rings. The van der Waals surface area contributed by atoms with Gasteiger partial charge in [-0.05, 0) is 68.6 Å². The van der Waals surface area contributed by atoms with Crippen molar-refractivity contribution in [1.29, 1.82) is 0 Å². The molecule has 0 saturated carbocycles. The third-order valence-corrected chi connectivity index (χ3v) is 6.34. The molecule has 30 heavy (non-hydrogen) atoms. The summed E-state index contributed by atoms with van der Waals surface area (Å²) in [4.78, 5) is 17.8. The topological polar surface area (TPSA) is 44.8 Å². The van der Waals surface area contributed by atoms with Gasteiger partial charge in [-0.15, -0.1) is 0 Å². The Labute approximate surface area is 180 Å². The highest BCUT2D eigenvalue weighted by Crippen LogP contribution is 2.32. The monoisotopic (exact) mass is 407 g/mol. The van der Waals surface area contributed by atoms with Gasteiger partial charge in [0.25, 0.3) is 5.91 Å². The van der Waals surface area contributed by atoms with Crippen molar-refractivity contribution in [3.8, 4) is 5.75 Å². The summed E-state index contributed by atoms with van der Waals surface area (Å²) in [5, 5.41) is 3.20. The number of anilines is 1. The Hall–Kier alpha value is -2.53. The fourth-order valence-corrected chi connectivity index (χ4v) is 4.70. The zero-order chi connectivity index (χ0) is 20.9. The van der Waals surface area contributed by atoms with Crippen molar-refractivity contribution in [2.24, 2.45) is 0 Å². The van der Waals surface area contributed by atoms with Crippen LogP contribution < -0.4 is 15.0 Å². The maximum Gasteiger partial charge on any atom is 0.255 e. The Morgan fingerprint density at radius 2 is 1.90 bits per heavy atom. The standard InChI is InChI=1S/C25H33N3O2/c1-3-30-24-10-6-5-9-21(24)25(29)26-18-23(28-14-7-4-8-15-28)19-11-12-22-20(17-19)13-16-27(22)2/h5-6,9-12,17,23H,3-4,7-8,13-16,18H2,1-2H3,(H,26,29)/t23-/m0/s1. The van der Waals surface area contributed by atoms with Crippen LogP contribution in [0, 0.1) is 0 Å². The van der Waals surface area contributed by atoms with Gasteiger partial charge in [0.1, 0.15) is 5.75 Å². The number of carbonyl (C=O) groups excluding carboxylic acids is 1. The normalized spacial score (nSPS) is 17.5. The number of amides is 1. The molecule has 1 N–H and O–H groups in total. The first-order valence-electron chi connectivity index (χ1n) is 11.3. The number of rotatable bonds is 7. The van der Waals surface area contributed by atoms with Crippen LogP contribution in [-0.2, 0) is 6.42 Å². The predicted molar refractivity (Wildman–Crippen MR) is 122 cm³/mol. The van der Waals surface area contributed by atoms with E-state index in [0.717, 1.165) is 26.1 Å². The highest BCUT2D eigenvalue weighted by Gasteiger charge is 2.25. The highest BCUT2D eigenvalue weighted by atomic mass is 16.5. The second-order valence-electron chi connectivity index (χ2n) is 8.31. The van der Waals surface area contributed by atoms with Crippen molar-refractivity contribution >= 4 is 11.6 Å². The zero-order valence-corrected chi connectivity index (χ0v) is 18.2. The Kier molecular flexibility index (Phi) is 6.58. The minimum atomic E-state index is -0.0676. The highest BCUT2D eigenvalue weighted by molar-refractivity contribution is 5.96. The lowest BCUT2D eigenvalue weighted by Gasteiger charge is -2.35. The zero-order valence-electron chi connectivity index (χ0n) is 18.2. The molecule has 4 rings (SSSR count). The minimum absolute atomic E-state index is 0.0676. The van der Waals surface area contributed by atoms with Crippen LogP contribution in [0.15, 0.2) is 42.5 Å². The number of hydrogen-bond donors (Lipinski definition) is 1. The molecule has 1 saturated heterocycles. The molecule has 0 radical (unpaired) electrons. The molecule has 1 amide bonds. The molecule has 0 spiro atoms. The average Bonchev–Trinajstić information content (AvgIpc) is 3.15. The van der Waals surface area contributed by atoms with E-state index in [1.54, 1.807) is 0 Å². The van der Waals surface area contributed by atoms with E-state index in [9.17, 15) is 4.79 Å². The van der Waals surface area contributed by atoms with Crippen LogP contribution in [-0.4, -0.2) is 50.6 Å². The number of para-hydroxylation sites is 1. The van der Waals surface area contributed by atoms with E-state index in [0.29, 0.717) is 24.5 Å². The van der Waals surface area contributed by atoms with E-state index in [-0.39, 0.29) is 11.9 Å². The second kappa shape index (κ2) is 9.52. The minimum Gasteiger partial charge on any atom is -0.493 e. The van der Waals surface area contributed by atoms with Gasteiger partial charge in [0.05, 0.1) is 18.2 Å². The van der Waals surface area contributed by atoms with E-state index in [4.69, 9.17) is 4.74 Å². The number of likely N-dealkylation sites (tertiary alicyclic amines) is 1. The molecule has 2 aromatic carbocycles. The Morgan fingerprint density at radius 3 is 2.70 bits per heavy atom. The van der Waals surface area contributed by atoms with Crippen molar-refractivity contribution in [2.45, 2.75) is 38.6 Å². The van der Waals surface area contributed by atoms with Gasteiger partial charge < -0.3 is 15.0 Å². The molecule has 5 nitrogen and oxygen atoms in total. The van der Waals surface area contributed by atoms with Crippen molar-refractivity contribution in [3.63, 3.8) is 0 Å². The second-order valence-corrected chi connectivity index (χ2v) is 8.31. The number of carbonyl (C=O) groups is 1. The van der Waals surface area contributed by atoms with Gasteiger partial charge in [-0.25, -0.2) is 0 Å². The average molecular weight is 408 g/mol. The number of hydrogen-bond acceptors (Lipinski definition) is 4. The third-order valence-electron chi connectivity index (χ3n) is 6.34. The van der Waals surface area contributed by atoms with Crippen molar-refractivity contribution in [3.05, 3.63) is 59.2 Å². The number of nitrogens with one attached hydrogen (secondary N) is 1. The summed E-state index contributed by atoms with van der Waals surface area (Å²) in [6.07, 6.45) is 4.85. The quantitative estimate of drug-likeness (QED) is 0.753. The van der Waals surface area contributed by atoms with Gasteiger partial charge in [0, 0.05) is 25.8 Å². The first-order valence-corrected chi connectivity index (χ1v) is 11.3. The van der Waals surface area contributed by atoms with Crippen LogP contribution in [0.3, 0.4) is 0 Å². The third kappa shape index (κ3) is 4.46. The number of nitrogens with zero attached hydrogens (tertiary/aromatic N) is 2. The van der Waals surface area contributed by atoms with E-state index < -0.39 is 0 Å². The molecule has 2 aliphatic rings. The number of likely N-dealkylation sites (N-methyl/N-ethyl adjacent to an activating group) is 1. The van der Waals surface area contributed by atoms with Crippen molar-refractivity contribution in [2.75, 3.05) is 44.7 Å². The van der Waals surface area contributed by atoms with Gasteiger partial charge in [0.2, 0.25) is 0 Å². The summed E-state index contributed by atoms with van der Waals surface area (Å²) in [6.45, 7) is 6.35.